The second-order valence-corrected chi connectivity index (χ2v) is 6.46. The van der Waals surface area contributed by atoms with E-state index in [9.17, 15) is 14.0 Å². The van der Waals surface area contributed by atoms with Crippen LogP contribution in [0.25, 0.3) is 0 Å². The van der Waals surface area contributed by atoms with Crippen LogP contribution in [0.1, 0.15) is 17.3 Å². The Hall–Kier alpha value is -3.09. The quantitative estimate of drug-likeness (QED) is 0.829. The van der Waals surface area contributed by atoms with Gasteiger partial charge in [0.1, 0.15) is 11.6 Å². The summed E-state index contributed by atoms with van der Waals surface area (Å²) in [4.78, 5) is 28.2. The summed E-state index contributed by atoms with van der Waals surface area (Å²) in [7, 11) is 0. The van der Waals surface area contributed by atoms with E-state index in [-0.39, 0.29) is 24.2 Å². The smallest absolute Gasteiger partial charge is 0.251 e. The zero-order chi connectivity index (χ0) is 19.9. The first kappa shape index (κ1) is 19.7. The van der Waals surface area contributed by atoms with Crippen molar-refractivity contribution in [1.82, 2.24) is 10.2 Å². The Morgan fingerprint density at radius 2 is 1.71 bits per heavy atom. The first-order valence-electron chi connectivity index (χ1n) is 9.37. The molecule has 0 bridgehead atoms. The maximum Gasteiger partial charge on any atom is 0.251 e. The molecule has 7 heteroatoms. The Balaban J connectivity index is 1.46. The molecule has 0 radical (unpaired) electrons. The molecule has 28 heavy (non-hydrogen) atoms. The number of benzene rings is 2. The van der Waals surface area contributed by atoms with Gasteiger partial charge in [0.25, 0.3) is 5.91 Å². The first-order valence-corrected chi connectivity index (χ1v) is 9.37. The summed E-state index contributed by atoms with van der Waals surface area (Å²) >= 11 is 0. The van der Waals surface area contributed by atoms with Crippen LogP contribution in [0.15, 0.2) is 48.5 Å². The number of para-hydroxylation sites is 1. The third-order valence-corrected chi connectivity index (χ3v) is 4.65. The van der Waals surface area contributed by atoms with E-state index in [1.807, 2.05) is 11.8 Å². The van der Waals surface area contributed by atoms with Crippen LogP contribution in [0, 0.1) is 5.82 Å². The van der Waals surface area contributed by atoms with Crippen LogP contribution in [0.5, 0.6) is 5.75 Å². The maximum atomic E-state index is 13.9. The molecule has 0 unspecified atom stereocenters. The number of halogens is 1. The molecule has 1 heterocycles. The summed E-state index contributed by atoms with van der Waals surface area (Å²) in [6.07, 6.45) is 0. The molecular formula is C21H24FN3O3. The second-order valence-electron chi connectivity index (χ2n) is 6.46. The van der Waals surface area contributed by atoms with Crippen molar-refractivity contribution in [3.05, 3.63) is 59.9 Å². The SMILES string of the molecule is CCOc1ccc(C(=O)NCC(=O)N2CCN(c3ccccc3F)CC2)cc1. The number of hydrogen-bond acceptors (Lipinski definition) is 4. The molecule has 0 saturated carbocycles. The average molecular weight is 385 g/mol. The van der Waals surface area contributed by atoms with Crippen LogP contribution in [0.2, 0.25) is 0 Å². The van der Waals surface area contributed by atoms with E-state index >= 15 is 0 Å². The summed E-state index contributed by atoms with van der Waals surface area (Å²) in [5.74, 6) is -0.0124. The van der Waals surface area contributed by atoms with Gasteiger partial charge in [0, 0.05) is 31.7 Å². The van der Waals surface area contributed by atoms with Gasteiger partial charge in [-0.2, -0.15) is 0 Å². The molecule has 6 nitrogen and oxygen atoms in total. The summed E-state index contributed by atoms with van der Waals surface area (Å²) < 4.78 is 19.2. The fourth-order valence-corrected chi connectivity index (χ4v) is 3.14. The van der Waals surface area contributed by atoms with Crippen LogP contribution in [0.3, 0.4) is 0 Å². The summed E-state index contributed by atoms with van der Waals surface area (Å²) in [5.41, 5.74) is 1.03. The molecular weight excluding hydrogens is 361 g/mol. The molecule has 0 aromatic heterocycles. The number of piperazine rings is 1. The van der Waals surface area contributed by atoms with Gasteiger partial charge in [-0.15, -0.1) is 0 Å². The zero-order valence-corrected chi connectivity index (χ0v) is 15.9. The van der Waals surface area contributed by atoms with Gasteiger partial charge >= 0.3 is 0 Å². The summed E-state index contributed by atoms with van der Waals surface area (Å²) in [6, 6.07) is 13.4. The van der Waals surface area contributed by atoms with Crippen molar-refractivity contribution in [2.24, 2.45) is 0 Å². The number of hydrogen-bond donors (Lipinski definition) is 1. The second kappa shape index (κ2) is 9.21. The number of rotatable bonds is 6. The van der Waals surface area contributed by atoms with Crippen molar-refractivity contribution in [2.75, 3.05) is 44.2 Å². The van der Waals surface area contributed by atoms with Crippen LogP contribution >= 0.6 is 0 Å². The van der Waals surface area contributed by atoms with Gasteiger partial charge in [0.05, 0.1) is 18.8 Å². The van der Waals surface area contributed by atoms with Crippen molar-refractivity contribution in [3.8, 4) is 5.75 Å². The highest BCUT2D eigenvalue weighted by Crippen LogP contribution is 2.20. The molecule has 2 aromatic carbocycles. The van der Waals surface area contributed by atoms with Gasteiger partial charge < -0.3 is 19.9 Å². The Bertz CT molecular complexity index is 818. The summed E-state index contributed by atoms with van der Waals surface area (Å²) in [5, 5.41) is 2.65. The standard InChI is InChI=1S/C21H24FN3O3/c1-2-28-17-9-7-16(8-10-17)21(27)23-15-20(26)25-13-11-24(12-14-25)19-6-4-3-5-18(19)22/h3-10H,2,11-15H2,1H3,(H,23,27). The van der Waals surface area contributed by atoms with Gasteiger partial charge in [0.2, 0.25) is 5.91 Å². The van der Waals surface area contributed by atoms with Crippen molar-refractivity contribution < 1.29 is 18.7 Å². The fourth-order valence-electron chi connectivity index (χ4n) is 3.14. The number of carbonyl (C=O) groups excluding carboxylic acids is 2. The van der Waals surface area contributed by atoms with Crippen molar-refractivity contribution in [2.45, 2.75) is 6.92 Å². The number of anilines is 1. The molecule has 148 valence electrons. The zero-order valence-electron chi connectivity index (χ0n) is 15.9. The molecule has 1 aliphatic heterocycles. The number of nitrogens with one attached hydrogen (secondary N) is 1. The fraction of sp³-hybridized carbons (Fsp3) is 0.333. The van der Waals surface area contributed by atoms with Gasteiger partial charge in [-0.25, -0.2) is 4.39 Å². The minimum Gasteiger partial charge on any atom is -0.494 e. The van der Waals surface area contributed by atoms with E-state index in [0.29, 0.717) is 49.8 Å². The minimum atomic E-state index is -0.304. The van der Waals surface area contributed by atoms with E-state index < -0.39 is 0 Å². The molecule has 2 amide bonds. The molecule has 1 saturated heterocycles. The number of nitrogens with zero attached hydrogens (tertiary/aromatic N) is 2. The van der Waals surface area contributed by atoms with Gasteiger partial charge in [-0.05, 0) is 43.3 Å². The molecule has 3 rings (SSSR count). The van der Waals surface area contributed by atoms with E-state index in [2.05, 4.69) is 5.32 Å². The largest absolute Gasteiger partial charge is 0.494 e. The molecule has 2 aromatic rings. The molecule has 0 atom stereocenters. The van der Waals surface area contributed by atoms with Gasteiger partial charge in [-0.1, -0.05) is 12.1 Å². The molecule has 0 aliphatic carbocycles. The Morgan fingerprint density at radius 3 is 2.36 bits per heavy atom. The lowest BCUT2D eigenvalue weighted by atomic mass is 10.2. The highest BCUT2D eigenvalue weighted by atomic mass is 19.1. The summed E-state index contributed by atoms with van der Waals surface area (Å²) in [6.45, 7) is 4.48. The van der Waals surface area contributed by atoms with E-state index in [1.165, 1.54) is 6.07 Å². The Kier molecular flexibility index (Phi) is 6.47. The third-order valence-electron chi connectivity index (χ3n) is 4.65. The number of amides is 2. The topological polar surface area (TPSA) is 61.9 Å². The highest BCUT2D eigenvalue weighted by Gasteiger charge is 2.23. The van der Waals surface area contributed by atoms with E-state index in [0.717, 1.165) is 0 Å². The molecule has 1 aliphatic rings. The lowest BCUT2D eigenvalue weighted by Gasteiger charge is -2.36. The highest BCUT2D eigenvalue weighted by molar-refractivity contribution is 5.96. The van der Waals surface area contributed by atoms with Crippen LogP contribution in [-0.2, 0) is 4.79 Å². The maximum absolute atomic E-state index is 13.9. The predicted octanol–water partition coefficient (Wildman–Crippen LogP) is 2.30. The first-order chi connectivity index (χ1) is 13.6. The Morgan fingerprint density at radius 1 is 1.04 bits per heavy atom. The predicted molar refractivity (Wildman–Crippen MR) is 105 cm³/mol. The molecule has 0 spiro atoms. The van der Waals surface area contributed by atoms with Gasteiger partial charge in [-0.3, -0.25) is 9.59 Å². The third kappa shape index (κ3) is 4.79. The molecule has 1 N–H and O–H groups in total. The molecule has 1 fully saturated rings. The number of carbonyl (C=O) groups is 2. The normalized spacial score (nSPS) is 13.9. The van der Waals surface area contributed by atoms with Crippen LogP contribution in [-0.4, -0.2) is 56.0 Å². The lowest BCUT2D eigenvalue weighted by molar-refractivity contribution is -0.130. The van der Waals surface area contributed by atoms with E-state index in [4.69, 9.17) is 4.74 Å². The van der Waals surface area contributed by atoms with Gasteiger partial charge in [0.15, 0.2) is 0 Å². The number of ether oxygens (including phenoxy) is 1. The monoisotopic (exact) mass is 385 g/mol. The van der Waals surface area contributed by atoms with Crippen LogP contribution in [0.4, 0.5) is 10.1 Å². The van der Waals surface area contributed by atoms with Crippen molar-refractivity contribution in [1.29, 1.82) is 0 Å². The van der Waals surface area contributed by atoms with Crippen molar-refractivity contribution in [3.63, 3.8) is 0 Å². The lowest BCUT2D eigenvalue weighted by Crippen LogP contribution is -2.51. The van der Waals surface area contributed by atoms with Crippen molar-refractivity contribution >= 4 is 17.5 Å². The average Bonchev–Trinajstić information content (AvgIpc) is 2.73. The minimum absolute atomic E-state index is 0.0637. The van der Waals surface area contributed by atoms with E-state index in [1.54, 1.807) is 47.4 Å². The Labute approximate surface area is 163 Å². The van der Waals surface area contributed by atoms with Crippen LogP contribution < -0.4 is 15.0 Å².